The predicted molar refractivity (Wildman–Crippen MR) is 133 cm³/mol. The molecule has 1 aliphatic rings. The predicted octanol–water partition coefficient (Wildman–Crippen LogP) is 4.17. The summed E-state index contributed by atoms with van der Waals surface area (Å²) in [6.45, 7) is 2.13. The van der Waals surface area contributed by atoms with Crippen molar-refractivity contribution in [1.29, 1.82) is 0 Å². The molecule has 0 unspecified atom stereocenters. The third-order valence-electron chi connectivity index (χ3n) is 5.87. The Hall–Kier alpha value is -3.75. The van der Waals surface area contributed by atoms with Crippen molar-refractivity contribution in [2.45, 2.75) is 19.5 Å². The van der Waals surface area contributed by atoms with Gasteiger partial charge < -0.3 is 15.3 Å². The lowest BCUT2D eigenvalue weighted by Crippen LogP contribution is -2.25. The van der Waals surface area contributed by atoms with Crippen LogP contribution in [0.5, 0.6) is 5.75 Å². The van der Waals surface area contributed by atoms with E-state index in [2.05, 4.69) is 27.6 Å². The molecule has 0 spiro atoms. The summed E-state index contributed by atoms with van der Waals surface area (Å²) >= 11 is 1.52. The first kappa shape index (κ1) is 22.1. The van der Waals surface area contributed by atoms with Gasteiger partial charge in [0, 0.05) is 42.1 Å². The van der Waals surface area contributed by atoms with Crippen LogP contribution in [0, 0.1) is 0 Å². The Bertz CT molecular complexity index is 1400. The van der Waals surface area contributed by atoms with E-state index in [4.69, 9.17) is 0 Å². The smallest absolute Gasteiger partial charge is 0.257 e. The average molecular weight is 473 g/mol. The van der Waals surface area contributed by atoms with Gasteiger partial charge in [0.25, 0.3) is 11.8 Å². The van der Waals surface area contributed by atoms with Crippen molar-refractivity contribution in [3.63, 3.8) is 0 Å². The fraction of sp³-hybridized carbons (Fsp3) is 0.192. The van der Waals surface area contributed by atoms with Gasteiger partial charge in [0.2, 0.25) is 0 Å². The molecule has 7 nitrogen and oxygen atoms in total. The third-order valence-corrected chi connectivity index (χ3v) is 6.87. The Labute approximate surface area is 201 Å². The first-order valence-corrected chi connectivity index (χ1v) is 11.8. The molecule has 0 atom stereocenters. The zero-order valence-electron chi connectivity index (χ0n) is 18.7. The summed E-state index contributed by atoms with van der Waals surface area (Å²) in [5.74, 6) is -0.232. The molecule has 8 heteroatoms. The van der Waals surface area contributed by atoms with Gasteiger partial charge >= 0.3 is 0 Å². The fourth-order valence-corrected chi connectivity index (χ4v) is 5.11. The van der Waals surface area contributed by atoms with Crippen LogP contribution in [-0.2, 0) is 19.5 Å². The molecule has 5 rings (SSSR count). The lowest BCUT2D eigenvalue weighted by Gasteiger charge is -2.20. The van der Waals surface area contributed by atoms with Gasteiger partial charge in [0.1, 0.15) is 5.75 Å². The number of nitrogens with zero attached hydrogens (tertiary/aromatic N) is 2. The van der Waals surface area contributed by atoms with Gasteiger partial charge in [0.05, 0.1) is 5.69 Å². The van der Waals surface area contributed by atoms with Gasteiger partial charge in [-0.2, -0.15) is 0 Å². The van der Waals surface area contributed by atoms with Crippen molar-refractivity contribution < 1.29 is 14.7 Å². The molecule has 34 heavy (non-hydrogen) atoms. The van der Waals surface area contributed by atoms with Crippen LogP contribution in [0.1, 0.15) is 36.9 Å². The van der Waals surface area contributed by atoms with Gasteiger partial charge in [-0.3, -0.25) is 14.9 Å². The molecule has 2 heterocycles. The number of nitrogens with one attached hydrogen (secondary N) is 2. The maximum Gasteiger partial charge on any atom is 0.257 e. The number of thiazole rings is 1. The van der Waals surface area contributed by atoms with E-state index < -0.39 is 0 Å². The van der Waals surface area contributed by atoms with Gasteiger partial charge in [-0.15, -0.1) is 11.3 Å². The average Bonchev–Trinajstić information content (AvgIpc) is 3.23. The number of carbonyl (C=O) groups excluding carboxylic acids is 2. The molecule has 0 saturated carbocycles. The number of fused-ring (bicyclic) bond motifs is 2. The number of aromatic hydroxyl groups is 1. The van der Waals surface area contributed by atoms with Gasteiger partial charge in [0.15, 0.2) is 5.13 Å². The molecule has 0 aliphatic carbocycles. The third kappa shape index (κ3) is 4.78. The maximum absolute atomic E-state index is 12.8. The van der Waals surface area contributed by atoms with E-state index in [-0.39, 0.29) is 17.6 Å². The van der Waals surface area contributed by atoms with Gasteiger partial charge in [-0.1, -0.05) is 24.3 Å². The number of hydrogen-bond donors (Lipinski definition) is 3. The molecule has 0 fully saturated rings. The van der Waals surface area contributed by atoms with Crippen LogP contribution >= 0.6 is 11.3 Å². The Morgan fingerprint density at radius 1 is 1.03 bits per heavy atom. The minimum atomic E-state index is -0.217. The molecule has 172 valence electrons. The first-order chi connectivity index (χ1) is 16.4. The van der Waals surface area contributed by atoms with Crippen LogP contribution in [0.15, 0.2) is 60.7 Å². The lowest BCUT2D eigenvalue weighted by atomic mass is 10.1. The number of anilines is 1. The van der Waals surface area contributed by atoms with Crippen LogP contribution in [0.2, 0.25) is 0 Å². The summed E-state index contributed by atoms with van der Waals surface area (Å²) in [6, 6.07) is 17.6. The van der Waals surface area contributed by atoms with Crippen molar-refractivity contribution in [2.24, 2.45) is 0 Å². The van der Waals surface area contributed by atoms with Crippen LogP contribution in [0.3, 0.4) is 0 Å². The van der Waals surface area contributed by atoms with E-state index in [0.717, 1.165) is 41.5 Å². The number of carbonyl (C=O) groups is 2. The second-order valence-corrected chi connectivity index (χ2v) is 9.54. The van der Waals surface area contributed by atoms with E-state index >= 15 is 0 Å². The fourth-order valence-electron chi connectivity index (χ4n) is 4.03. The SMILES string of the molecule is CN1CCc2nc(NC(=O)c3cccc(CNC(=O)c4ccc5cc(O)ccc5c4)c3)sc2C1. The maximum atomic E-state index is 12.8. The topological polar surface area (TPSA) is 94.6 Å². The Balaban J connectivity index is 1.23. The van der Waals surface area contributed by atoms with Crippen molar-refractivity contribution in [1.82, 2.24) is 15.2 Å². The molecule has 2 amide bonds. The summed E-state index contributed by atoms with van der Waals surface area (Å²) in [5.41, 5.74) is 2.94. The molecule has 1 aliphatic heterocycles. The zero-order chi connectivity index (χ0) is 23.7. The highest BCUT2D eigenvalue weighted by molar-refractivity contribution is 7.15. The number of aromatic nitrogens is 1. The molecule has 0 saturated heterocycles. The van der Waals surface area contributed by atoms with Crippen LogP contribution < -0.4 is 10.6 Å². The molecule has 3 N–H and O–H groups in total. The van der Waals surface area contributed by atoms with E-state index in [0.29, 0.717) is 22.8 Å². The van der Waals surface area contributed by atoms with Crippen LogP contribution in [-0.4, -0.2) is 40.4 Å². The number of amides is 2. The van der Waals surface area contributed by atoms with Crippen molar-refractivity contribution in [2.75, 3.05) is 18.9 Å². The second kappa shape index (κ2) is 9.24. The molecular formula is C26H24N4O3S. The highest BCUT2D eigenvalue weighted by Crippen LogP contribution is 2.28. The van der Waals surface area contributed by atoms with Crippen LogP contribution in [0.25, 0.3) is 10.8 Å². The monoisotopic (exact) mass is 472 g/mol. The quantitative estimate of drug-likeness (QED) is 0.405. The highest BCUT2D eigenvalue weighted by Gasteiger charge is 2.19. The van der Waals surface area contributed by atoms with Gasteiger partial charge in [-0.25, -0.2) is 4.98 Å². The van der Waals surface area contributed by atoms with Crippen LogP contribution in [0.4, 0.5) is 5.13 Å². The standard InChI is InChI=1S/C26H24N4O3S/c1-30-10-9-22-23(15-30)34-26(28-22)29-25(33)19-4-2-3-16(11-19)14-27-24(32)20-6-5-18-13-21(31)8-7-17(18)12-20/h2-8,11-13,31H,9-10,14-15H2,1H3,(H,27,32)(H,28,29,33). The highest BCUT2D eigenvalue weighted by atomic mass is 32.1. The van der Waals surface area contributed by atoms with E-state index in [1.54, 1.807) is 48.5 Å². The molecular weight excluding hydrogens is 448 g/mol. The number of benzene rings is 3. The molecule has 0 bridgehead atoms. The Kier molecular flexibility index (Phi) is 6.00. The van der Waals surface area contributed by atoms with E-state index in [1.807, 2.05) is 12.1 Å². The van der Waals surface area contributed by atoms with Crippen molar-refractivity contribution >= 4 is 39.1 Å². The number of phenols is 1. The number of rotatable bonds is 5. The number of likely N-dealkylation sites (N-methyl/N-ethyl adjacent to an activating group) is 1. The van der Waals surface area contributed by atoms with E-state index in [9.17, 15) is 14.7 Å². The summed E-state index contributed by atoms with van der Waals surface area (Å²) in [5, 5.41) is 17.8. The summed E-state index contributed by atoms with van der Waals surface area (Å²) < 4.78 is 0. The molecule has 1 aromatic heterocycles. The Morgan fingerprint density at radius 3 is 2.71 bits per heavy atom. The molecule has 4 aromatic rings. The molecule has 3 aromatic carbocycles. The Morgan fingerprint density at radius 2 is 1.82 bits per heavy atom. The first-order valence-electron chi connectivity index (χ1n) is 11.0. The number of hydrogen-bond acceptors (Lipinski definition) is 6. The summed E-state index contributed by atoms with van der Waals surface area (Å²) in [6.07, 6.45) is 0.896. The van der Waals surface area contributed by atoms with Crippen molar-refractivity contribution in [3.8, 4) is 5.75 Å². The minimum absolute atomic E-state index is 0.190. The number of phenolic OH excluding ortho intramolecular Hbond substituents is 1. The minimum Gasteiger partial charge on any atom is -0.508 e. The summed E-state index contributed by atoms with van der Waals surface area (Å²) in [7, 11) is 2.08. The van der Waals surface area contributed by atoms with Gasteiger partial charge in [-0.05, 0) is 59.8 Å². The second-order valence-electron chi connectivity index (χ2n) is 8.46. The zero-order valence-corrected chi connectivity index (χ0v) is 19.5. The summed E-state index contributed by atoms with van der Waals surface area (Å²) in [4.78, 5) is 33.5. The largest absolute Gasteiger partial charge is 0.508 e. The van der Waals surface area contributed by atoms with Crippen molar-refractivity contribution in [3.05, 3.63) is 87.9 Å². The lowest BCUT2D eigenvalue weighted by molar-refractivity contribution is 0.0950. The normalized spacial score (nSPS) is 13.4. The molecule has 0 radical (unpaired) electrons. The van der Waals surface area contributed by atoms with E-state index in [1.165, 1.54) is 16.2 Å².